The van der Waals surface area contributed by atoms with E-state index in [1.165, 1.54) is 12.1 Å². The van der Waals surface area contributed by atoms with Crippen LogP contribution in [0.2, 0.25) is 5.15 Å². The van der Waals surface area contributed by atoms with Crippen molar-refractivity contribution in [1.82, 2.24) is 19.5 Å². The number of fused-ring (bicyclic) bond motifs is 2. The highest BCUT2D eigenvalue weighted by atomic mass is 35.5. The number of pyridine rings is 1. The molecule has 2 aromatic carbocycles. The average molecular weight is 580 g/mol. The molecule has 3 heterocycles. The van der Waals surface area contributed by atoms with Crippen molar-refractivity contribution >= 4 is 55.1 Å². The van der Waals surface area contributed by atoms with Crippen molar-refractivity contribution < 1.29 is 17.6 Å². The molecule has 206 valence electrons. The Morgan fingerprint density at radius 1 is 1.12 bits per heavy atom. The predicted molar refractivity (Wildman–Crippen MR) is 155 cm³/mol. The Labute approximate surface area is 235 Å². The summed E-state index contributed by atoms with van der Waals surface area (Å²) < 4.78 is 33.4. The van der Waals surface area contributed by atoms with Crippen LogP contribution in [0.4, 0.5) is 5.69 Å². The van der Waals surface area contributed by atoms with Crippen LogP contribution in [-0.4, -0.2) is 35.3 Å². The Morgan fingerprint density at radius 3 is 2.60 bits per heavy atom. The number of amides is 1. The molecule has 5 aromatic rings. The normalized spacial score (nSPS) is 12.6. The third kappa shape index (κ3) is 5.30. The van der Waals surface area contributed by atoms with Crippen LogP contribution in [0.3, 0.4) is 0 Å². The average Bonchev–Trinajstić information content (AvgIpc) is 3.25. The third-order valence-corrected chi connectivity index (χ3v) is 7.23. The van der Waals surface area contributed by atoms with E-state index < -0.39 is 22.0 Å². The van der Waals surface area contributed by atoms with Gasteiger partial charge in [-0.1, -0.05) is 17.7 Å². The summed E-state index contributed by atoms with van der Waals surface area (Å²) in [6.45, 7) is 5.45. The van der Waals surface area contributed by atoms with E-state index >= 15 is 0 Å². The van der Waals surface area contributed by atoms with Gasteiger partial charge in [0.2, 0.25) is 10.0 Å². The van der Waals surface area contributed by atoms with Gasteiger partial charge >= 0.3 is 0 Å². The van der Waals surface area contributed by atoms with E-state index in [0.717, 1.165) is 28.3 Å². The van der Waals surface area contributed by atoms with E-state index in [0.29, 0.717) is 27.9 Å². The predicted octanol–water partition coefficient (Wildman–Crippen LogP) is 4.87. The molecule has 0 spiro atoms. The Morgan fingerprint density at radius 2 is 1.88 bits per heavy atom. The van der Waals surface area contributed by atoms with Crippen molar-refractivity contribution in [3.05, 3.63) is 86.4 Å². The largest absolute Gasteiger partial charge is 0.455 e. The number of hydrogen-bond donors (Lipinski definition) is 2. The lowest BCUT2D eigenvalue weighted by Gasteiger charge is -2.20. The van der Waals surface area contributed by atoms with Crippen LogP contribution >= 0.6 is 11.6 Å². The maximum absolute atomic E-state index is 13.6. The summed E-state index contributed by atoms with van der Waals surface area (Å²) in [6.07, 6.45) is 2.77. The van der Waals surface area contributed by atoms with Gasteiger partial charge in [0.1, 0.15) is 16.5 Å². The molecule has 0 radical (unpaired) electrons. The summed E-state index contributed by atoms with van der Waals surface area (Å²) in [5.74, 6) is -0.481. The van der Waals surface area contributed by atoms with Gasteiger partial charge < -0.3 is 9.73 Å². The highest BCUT2D eigenvalue weighted by Crippen LogP contribution is 2.33. The summed E-state index contributed by atoms with van der Waals surface area (Å²) in [4.78, 5) is 30.3. The highest BCUT2D eigenvalue weighted by Gasteiger charge is 2.22. The van der Waals surface area contributed by atoms with Crippen LogP contribution in [0, 0.1) is 13.8 Å². The maximum atomic E-state index is 13.6. The number of aryl methyl sites for hydroxylation is 2. The maximum Gasteiger partial charge on any atom is 0.285 e. The van der Waals surface area contributed by atoms with Gasteiger partial charge in [0, 0.05) is 35.3 Å². The van der Waals surface area contributed by atoms with E-state index in [4.69, 9.17) is 16.0 Å². The lowest BCUT2D eigenvalue weighted by atomic mass is 9.98. The van der Waals surface area contributed by atoms with Gasteiger partial charge in [-0.2, -0.15) is 5.10 Å². The Hall–Kier alpha value is -4.22. The number of sulfonamides is 1. The molecule has 2 N–H and O–H groups in total. The number of benzene rings is 2. The summed E-state index contributed by atoms with van der Waals surface area (Å²) in [6, 6.07) is 11.9. The van der Waals surface area contributed by atoms with Gasteiger partial charge in [0.15, 0.2) is 11.1 Å². The molecule has 0 aliphatic heterocycles. The number of halogens is 1. The summed E-state index contributed by atoms with van der Waals surface area (Å²) in [5.41, 5.74) is 3.87. The number of carbonyl (C=O) groups excluding carboxylic acids is 1. The van der Waals surface area contributed by atoms with Crippen LogP contribution in [0.15, 0.2) is 57.9 Å². The molecule has 3 aromatic heterocycles. The van der Waals surface area contributed by atoms with Crippen molar-refractivity contribution in [2.45, 2.75) is 26.8 Å². The zero-order chi connectivity index (χ0) is 28.9. The van der Waals surface area contributed by atoms with Crippen LogP contribution in [-0.2, 0) is 17.1 Å². The topological polar surface area (TPSA) is 136 Å². The van der Waals surface area contributed by atoms with Crippen molar-refractivity contribution in [2.75, 3.05) is 11.6 Å². The molecule has 40 heavy (non-hydrogen) atoms. The molecular formula is C28H26ClN5O5S. The molecule has 10 nitrogen and oxygen atoms in total. The number of nitrogens with one attached hydrogen (secondary N) is 2. The lowest BCUT2D eigenvalue weighted by molar-refractivity contribution is 0.0977. The molecule has 1 atom stereocenters. The van der Waals surface area contributed by atoms with Gasteiger partial charge in [0.05, 0.1) is 28.9 Å². The minimum absolute atomic E-state index is 0.0227. The second-order valence-electron chi connectivity index (χ2n) is 9.79. The van der Waals surface area contributed by atoms with E-state index in [2.05, 4.69) is 15.4 Å². The molecule has 0 bridgehead atoms. The fourth-order valence-corrected chi connectivity index (χ4v) is 5.29. The second-order valence-corrected chi connectivity index (χ2v) is 11.9. The van der Waals surface area contributed by atoms with Gasteiger partial charge in [-0.15, -0.1) is 0 Å². The molecule has 0 fully saturated rings. The van der Waals surface area contributed by atoms with E-state index in [1.54, 1.807) is 17.7 Å². The number of anilines is 1. The first-order valence-corrected chi connectivity index (χ1v) is 14.5. The second kappa shape index (κ2) is 10.1. The van der Waals surface area contributed by atoms with Crippen LogP contribution in [0.5, 0.6) is 0 Å². The highest BCUT2D eigenvalue weighted by molar-refractivity contribution is 7.89. The summed E-state index contributed by atoms with van der Waals surface area (Å²) >= 11 is 6.01. The monoisotopic (exact) mass is 579 g/mol. The quantitative estimate of drug-likeness (QED) is 0.272. The number of nitrogens with zero attached hydrogens (tertiary/aromatic N) is 3. The molecule has 5 rings (SSSR count). The van der Waals surface area contributed by atoms with Crippen LogP contribution < -0.4 is 15.5 Å². The van der Waals surface area contributed by atoms with Crippen molar-refractivity contribution in [3.63, 3.8) is 0 Å². The molecule has 0 aliphatic rings. The molecular weight excluding hydrogens is 554 g/mol. The Kier molecular flexibility index (Phi) is 6.89. The minimum Gasteiger partial charge on any atom is -0.455 e. The third-order valence-electron chi connectivity index (χ3n) is 6.47. The first kappa shape index (κ1) is 27.4. The smallest absolute Gasteiger partial charge is 0.285 e. The molecule has 12 heteroatoms. The lowest BCUT2D eigenvalue weighted by Crippen LogP contribution is -2.31. The number of aromatic nitrogens is 3. The van der Waals surface area contributed by atoms with E-state index in [9.17, 15) is 18.0 Å². The van der Waals surface area contributed by atoms with Crippen LogP contribution in [0.25, 0.3) is 33.2 Å². The van der Waals surface area contributed by atoms with Gasteiger partial charge in [0.25, 0.3) is 5.91 Å². The van der Waals surface area contributed by atoms with E-state index in [1.807, 2.05) is 56.1 Å². The molecule has 0 saturated carbocycles. The van der Waals surface area contributed by atoms with E-state index in [-0.39, 0.29) is 22.0 Å². The van der Waals surface area contributed by atoms with Crippen molar-refractivity contribution in [2.24, 2.45) is 7.05 Å². The zero-order valence-electron chi connectivity index (χ0n) is 22.4. The first-order chi connectivity index (χ1) is 18.8. The number of carbonyl (C=O) groups is 1. The molecule has 0 aliphatic carbocycles. The standard InChI is InChI=1S/C28H26ClN5O5S/c1-14-10-19(16(3)30-22-8-9-23(29)31-24(22)28(36)33-40(5,37)38)27-20(11-14)25(35)15(2)26(39-27)17-6-7-21-18(12-17)13-34(4)32-21/h6-13,16,30H,1-5H3,(H,33,36). The van der Waals surface area contributed by atoms with Gasteiger partial charge in [-0.25, -0.2) is 18.1 Å². The molecule has 0 saturated heterocycles. The Balaban J connectivity index is 1.62. The van der Waals surface area contributed by atoms with Crippen molar-refractivity contribution in [3.8, 4) is 11.3 Å². The molecule has 1 amide bonds. The van der Waals surface area contributed by atoms with Gasteiger partial charge in [-0.05, 0) is 62.7 Å². The van der Waals surface area contributed by atoms with Crippen LogP contribution in [0.1, 0.15) is 40.1 Å². The SMILES string of the molecule is Cc1cc(C(C)Nc2ccc(Cl)nc2C(=O)NS(C)(=O)=O)c2oc(-c3ccc4nn(C)cc4c3)c(C)c(=O)c2c1. The minimum atomic E-state index is -3.83. The van der Waals surface area contributed by atoms with Crippen molar-refractivity contribution in [1.29, 1.82) is 0 Å². The summed E-state index contributed by atoms with van der Waals surface area (Å²) in [5, 5.41) is 8.98. The fourth-order valence-electron chi connectivity index (χ4n) is 4.71. The number of hydrogen-bond acceptors (Lipinski definition) is 8. The zero-order valence-corrected chi connectivity index (χ0v) is 23.9. The van der Waals surface area contributed by atoms with Gasteiger partial charge in [-0.3, -0.25) is 14.3 Å². The summed E-state index contributed by atoms with van der Waals surface area (Å²) in [7, 11) is -1.99. The molecule has 1 unspecified atom stereocenters. The number of rotatable bonds is 6. The first-order valence-electron chi connectivity index (χ1n) is 12.3. The Bertz CT molecular complexity index is 2000. The fraction of sp³-hybridized carbons (Fsp3) is 0.214.